The molecule has 96 valence electrons. The van der Waals surface area contributed by atoms with Gasteiger partial charge in [0.25, 0.3) is 0 Å². The molecule has 19 heavy (non-hydrogen) atoms. The molecule has 0 aliphatic heterocycles. The Balaban J connectivity index is 2.43. The SMILES string of the molecule is CC(C#N)(Cc1ccncc1)c1cc(Br)ccc1F. The molecule has 1 aromatic carbocycles. The Bertz CT molecular complexity index is 622. The van der Waals surface area contributed by atoms with Gasteiger partial charge < -0.3 is 0 Å². The molecule has 0 aliphatic carbocycles. The molecule has 1 aromatic heterocycles. The van der Waals surface area contributed by atoms with Gasteiger partial charge in [0.15, 0.2) is 0 Å². The van der Waals surface area contributed by atoms with Crippen molar-refractivity contribution < 1.29 is 4.39 Å². The van der Waals surface area contributed by atoms with E-state index in [2.05, 4.69) is 27.0 Å². The Hall–Kier alpha value is -1.73. The van der Waals surface area contributed by atoms with Crippen LogP contribution in [0.1, 0.15) is 18.1 Å². The number of nitriles is 1. The van der Waals surface area contributed by atoms with Crippen LogP contribution in [0.25, 0.3) is 0 Å². The smallest absolute Gasteiger partial charge is 0.128 e. The fraction of sp³-hybridized carbons (Fsp3) is 0.200. The zero-order valence-corrected chi connectivity index (χ0v) is 12.0. The predicted octanol–water partition coefficient (Wildman–Crippen LogP) is 4.01. The van der Waals surface area contributed by atoms with Gasteiger partial charge in [-0.1, -0.05) is 15.9 Å². The summed E-state index contributed by atoms with van der Waals surface area (Å²) < 4.78 is 14.7. The van der Waals surface area contributed by atoms with E-state index in [1.807, 2.05) is 12.1 Å². The first-order valence-electron chi connectivity index (χ1n) is 5.81. The van der Waals surface area contributed by atoms with Crippen molar-refractivity contribution >= 4 is 15.9 Å². The predicted molar refractivity (Wildman–Crippen MR) is 75.0 cm³/mol. The first-order valence-corrected chi connectivity index (χ1v) is 6.60. The molecule has 1 atom stereocenters. The summed E-state index contributed by atoms with van der Waals surface area (Å²) >= 11 is 3.32. The second-order valence-electron chi connectivity index (χ2n) is 4.60. The number of rotatable bonds is 3. The third-order valence-electron chi connectivity index (χ3n) is 3.08. The lowest BCUT2D eigenvalue weighted by Crippen LogP contribution is -2.24. The maximum atomic E-state index is 14.0. The molecular formula is C15H12BrFN2. The van der Waals surface area contributed by atoms with E-state index >= 15 is 0 Å². The van der Waals surface area contributed by atoms with Crippen molar-refractivity contribution in [3.05, 3.63) is 64.1 Å². The van der Waals surface area contributed by atoms with Crippen LogP contribution in [0.15, 0.2) is 47.2 Å². The van der Waals surface area contributed by atoms with E-state index in [0.717, 1.165) is 10.0 Å². The summed E-state index contributed by atoms with van der Waals surface area (Å²) in [5.74, 6) is -0.360. The van der Waals surface area contributed by atoms with Gasteiger partial charge in [0.2, 0.25) is 0 Å². The second-order valence-corrected chi connectivity index (χ2v) is 5.52. The Morgan fingerprint density at radius 1 is 1.32 bits per heavy atom. The molecule has 0 saturated carbocycles. The molecule has 2 aromatic rings. The van der Waals surface area contributed by atoms with Crippen LogP contribution in [0.5, 0.6) is 0 Å². The number of benzene rings is 1. The maximum absolute atomic E-state index is 14.0. The number of hydrogen-bond donors (Lipinski definition) is 0. The molecule has 0 spiro atoms. The molecule has 0 fully saturated rings. The molecule has 2 nitrogen and oxygen atoms in total. The largest absolute Gasteiger partial charge is 0.265 e. The van der Waals surface area contributed by atoms with E-state index in [4.69, 9.17) is 0 Å². The van der Waals surface area contributed by atoms with Gasteiger partial charge in [-0.2, -0.15) is 5.26 Å². The van der Waals surface area contributed by atoms with Crippen LogP contribution < -0.4 is 0 Å². The van der Waals surface area contributed by atoms with Crippen LogP contribution >= 0.6 is 15.9 Å². The van der Waals surface area contributed by atoms with Gasteiger partial charge >= 0.3 is 0 Å². The molecule has 4 heteroatoms. The van der Waals surface area contributed by atoms with Crippen LogP contribution in [-0.2, 0) is 11.8 Å². The van der Waals surface area contributed by atoms with Crippen molar-refractivity contribution in [3.8, 4) is 6.07 Å². The summed E-state index contributed by atoms with van der Waals surface area (Å²) in [5, 5.41) is 9.47. The third kappa shape index (κ3) is 2.99. The minimum Gasteiger partial charge on any atom is -0.265 e. The van der Waals surface area contributed by atoms with Crippen LogP contribution in [-0.4, -0.2) is 4.98 Å². The number of aromatic nitrogens is 1. The first kappa shape index (κ1) is 13.7. The van der Waals surface area contributed by atoms with Gasteiger partial charge in [0, 0.05) is 22.4 Å². The Morgan fingerprint density at radius 3 is 2.63 bits per heavy atom. The van der Waals surface area contributed by atoms with E-state index in [0.29, 0.717) is 12.0 Å². The van der Waals surface area contributed by atoms with Crippen LogP contribution in [0.2, 0.25) is 0 Å². The fourth-order valence-corrected chi connectivity index (χ4v) is 2.39. The number of pyridine rings is 1. The molecule has 0 saturated heterocycles. The number of halogens is 2. The van der Waals surface area contributed by atoms with Gasteiger partial charge in [-0.3, -0.25) is 4.98 Å². The van der Waals surface area contributed by atoms with Crippen molar-refractivity contribution in [2.24, 2.45) is 0 Å². The van der Waals surface area contributed by atoms with Gasteiger partial charge in [-0.05, 0) is 49.2 Å². The van der Waals surface area contributed by atoms with E-state index in [1.54, 1.807) is 31.5 Å². The molecule has 0 aliphatic rings. The molecule has 0 bridgehead atoms. The van der Waals surface area contributed by atoms with Crippen molar-refractivity contribution in [3.63, 3.8) is 0 Å². The van der Waals surface area contributed by atoms with Crippen LogP contribution in [0, 0.1) is 17.1 Å². The van der Waals surface area contributed by atoms with E-state index < -0.39 is 5.41 Å². The van der Waals surface area contributed by atoms with Crippen molar-refractivity contribution in [2.45, 2.75) is 18.8 Å². The molecular weight excluding hydrogens is 307 g/mol. The highest BCUT2D eigenvalue weighted by atomic mass is 79.9. The number of hydrogen-bond acceptors (Lipinski definition) is 2. The summed E-state index contributed by atoms with van der Waals surface area (Å²) in [4.78, 5) is 3.94. The van der Waals surface area contributed by atoms with Crippen molar-refractivity contribution in [1.29, 1.82) is 5.26 Å². The topological polar surface area (TPSA) is 36.7 Å². The monoisotopic (exact) mass is 318 g/mol. The highest BCUT2D eigenvalue weighted by Crippen LogP contribution is 2.31. The average Bonchev–Trinajstić information content (AvgIpc) is 2.42. The quantitative estimate of drug-likeness (QED) is 0.857. The lowest BCUT2D eigenvalue weighted by molar-refractivity contribution is 0.534. The molecule has 0 radical (unpaired) electrons. The highest BCUT2D eigenvalue weighted by Gasteiger charge is 2.30. The summed E-state index contributed by atoms with van der Waals surface area (Å²) in [5.41, 5.74) is 0.453. The highest BCUT2D eigenvalue weighted by molar-refractivity contribution is 9.10. The average molecular weight is 319 g/mol. The second kappa shape index (κ2) is 5.50. The Labute approximate surface area is 120 Å². The maximum Gasteiger partial charge on any atom is 0.128 e. The van der Waals surface area contributed by atoms with E-state index in [9.17, 15) is 9.65 Å². The standard InChI is InChI=1S/C15H12BrFN2/c1-15(10-18,9-11-4-6-19-7-5-11)13-8-12(16)2-3-14(13)17/h2-8H,9H2,1H3. The summed E-state index contributed by atoms with van der Waals surface area (Å²) in [6, 6.07) is 10.6. The first-order chi connectivity index (χ1) is 9.05. The van der Waals surface area contributed by atoms with Gasteiger partial charge in [0.05, 0.1) is 11.5 Å². The lowest BCUT2D eigenvalue weighted by Gasteiger charge is -2.23. The van der Waals surface area contributed by atoms with Crippen molar-refractivity contribution in [1.82, 2.24) is 4.98 Å². The Morgan fingerprint density at radius 2 is 2.00 bits per heavy atom. The molecule has 2 rings (SSSR count). The zero-order valence-electron chi connectivity index (χ0n) is 10.4. The summed E-state index contributed by atoms with van der Waals surface area (Å²) in [7, 11) is 0. The zero-order chi connectivity index (χ0) is 13.9. The Kier molecular flexibility index (Phi) is 3.96. The summed E-state index contributed by atoms with van der Waals surface area (Å²) in [6.07, 6.45) is 3.79. The van der Waals surface area contributed by atoms with Crippen LogP contribution in [0.3, 0.4) is 0 Å². The van der Waals surface area contributed by atoms with Crippen LogP contribution in [0.4, 0.5) is 4.39 Å². The fourth-order valence-electron chi connectivity index (χ4n) is 2.02. The minimum absolute atomic E-state index is 0.360. The van der Waals surface area contributed by atoms with Gasteiger partial charge in [-0.15, -0.1) is 0 Å². The van der Waals surface area contributed by atoms with E-state index in [1.165, 1.54) is 6.07 Å². The lowest BCUT2D eigenvalue weighted by atomic mass is 9.78. The number of nitrogens with zero attached hydrogens (tertiary/aromatic N) is 2. The molecule has 1 heterocycles. The summed E-state index contributed by atoms with van der Waals surface area (Å²) in [6.45, 7) is 1.75. The van der Waals surface area contributed by atoms with Crippen molar-refractivity contribution in [2.75, 3.05) is 0 Å². The minimum atomic E-state index is -0.908. The molecule has 1 unspecified atom stereocenters. The van der Waals surface area contributed by atoms with Gasteiger partial charge in [-0.25, -0.2) is 4.39 Å². The van der Waals surface area contributed by atoms with Gasteiger partial charge in [0.1, 0.15) is 5.82 Å². The third-order valence-corrected chi connectivity index (χ3v) is 3.57. The normalized spacial score (nSPS) is 13.6. The van der Waals surface area contributed by atoms with E-state index in [-0.39, 0.29) is 5.82 Å². The molecule has 0 N–H and O–H groups in total. The molecule has 0 amide bonds.